The first kappa shape index (κ1) is 18.3. The summed E-state index contributed by atoms with van der Waals surface area (Å²) in [6, 6.07) is 16.0. The minimum absolute atomic E-state index is 0.0685. The zero-order valence-corrected chi connectivity index (χ0v) is 15.9. The molecule has 0 fully saturated rings. The van der Waals surface area contributed by atoms with E-state index < -0.39 is 0 Å². The molecule has 0 aliphatic heterocycles. The highest BCUT2D eigenvalue weighted by Crippen LogP contribution is 2.26. The summed E-state index contributed by atoms with van der Waals surface area (Å²) in [7, 11) is 0. The summed E-state index contributed by atoms with van der Waals surface area (Å²) < 4.78 is 0. The van der Waals surface area contributed by atoms with Crippen molar-refractivity contribution in [1.29, 1.82) is 0 Å². The van der Waals surface area contributed by atoms with Crippen LogP contribution in [0.3, 0.4) is 0 Å². The largest absolute Gasteiger partial charge is 0.356 e. The zero-order valence-electron chi connectivity index (χ0n) is 15.1. The van der Waals surface area contributed by atoms with Gasteiger partial charge in [-0.15, -0.1) is 11.3 Å². The predicted molar refractivity (Wildman–Crippen MR) is 106 cm³/mol. The number of amides is 1. The Morgan fingerprint density at radius 3 is 2.62 bits per heavy atom. The molecule has 0 atom stereocenters. The average Bonchev–Trinajstić information content (AvgIpc) is 3.12. The van der Waals surface area contributed by atoms with Crippen LogP contribution in [0.25, 0.3) is 10.7 Å². The van der Waals surface area contributed by atoms with Gasteiger partial charge in [-0.05, 0) is 23.1 Å². The molecule has 134 valence electrons. The Hall–Kier alpha value is -2.53. The van der Waals surface area contributed by atoms with E-state index in [4.69, 9.17) is 0 Å². The topological polar surface area (TPSA) is 54.9 Å². The van der Waals surface area contributed by atoms with Crippen molar-refractivity contribution in [2.24, 2.45) is 0 Å². The van der Waals surface area contributed by atoms with Crippen molar-refractivity contribution in [3.63, 3.8) is 0 Å². The molecule has 4 nitrogen and oxygen atoms in total. The van der Waals surface area contributed by atoms with Crippen LogP contribution in [-0.4, -0.2) is 22.4 Å². The van der Waals surface area contributed by atoms with E-state index >= 15 is 0 Å². The molecule has 5 heteroatoms. The van der Waals surface area contributed by atoms with Gasteiger partial charge < -0.3 is 5.32 Å². The second-order valence-electron chi connectivity index (χ2n) is 6.89. The summed E-state index contributed by atoms with van der Waals surface area (Å²) in [6.07, 6.45) is 2.96. The smallest absolute Gasteiger partial charge is 0.220 e. The fourth-order valence-corrected chi connectivity index (χ4v) is 3.64. The van der Waals surface area contributed by atoms with Crippen molar-refractivity contribution in [2.45, 2.75) is 32.1 Å². The van der Waals surface area contributed by atoms with Crippen LogP contribution >= 0.6 is 11.3 Å². The number of carbonyl (C=O) groups is 1. The second-order valence-corrected chi connectivity index (χ2v) is 7.74. The molecule has 2 aromatic heterocycles. The summed E-state index contributed by atoms with van der Waals surface area (Å²) in [5, 5.41) is 5.96. The van der Waals surface area contributed by atoms with Gasteiger partial charge in [0.15, 0.2) is 0 Å². The van der Waals surface area contributed by atoms with Crippen molar-refractivity contribution in [2.75, 3.05) is 6.54 Å². The summed E-state index contributed by atoms with van der Waals surface area (Å²) in [5.41, 5.74) is 2.86. The fraction of sp³-hybridized carbons (Fsp3) is 0.286. The Balaban J connectivity index is 1.49. The quantitative estimate of drug-likeness (QED) is 0.682. The SMILES string of the molecule is CC(C)(CC(=O)NCCc1csc(-c2ccccn2)n1)c1ccccc1. The van der Waals surface area contributed by atoms with Crippen molar-refractivity contribution < 1.29 is 4.79 Å². The molecule has 0 saturated carbocycles. The first-order valence-corrected chi connectivity index (χ1v) is 9.60. The van der Waals surface area contributed by atoms with Crippen molar-refractivity contribution in [3.05, 3.63) is 71.4 Å². The Morgan fingerprint density at radius 2 is 1.88 bits per heavy atom. The highest BCUT2D eigenvalue weighted by Gasteiger charge is 2.23. The standard InChI is InChI=1S/C21H23N3OS/c1-21(2,16-8-4-3-5-9-16)14-19(25)23-13-11-17-15-26-20(24-17)18-10-6-7-12-22-18/h3-10,12,15H,11,13-14H2,1-2H3,(H,23,25). The molecule has 0 saturated heterocycles. The van der Waals surface area contributed by atoms with Crippen LogP contribution in [0, 0.1) is 0 Å². The first-order valence-electron chi connectivity index (χ1n) is 8.73. The fourth-order valence-electron chi connectivity index (χ4n) is 2.81. The number of carbonyl (C=O) groups excluding carboxylic acids is 1. The lowest BCUT2D eigenvalue weighted by Gasteiger charge is -2.24. The van der Waals surface area contributed by atoms with Crippen molar-refractivity contribution >= 4 is 17.2 Å². The number of thiazole rings is 1. The minimum atomic E-state index is -0.182. The van der Waals surface area contributed by atoms with Crippen LogP contribution < -0.4 is 5.32 Å². The number of aromatic nitrogens is 2. The molecule has 3 rings (SSSR count). The van der Waals surface area contributed by atoms with Gasteiger partial charge in [0.25, 0.3) is 0 Å². The maximum atomic E-state index is 12.3. The van der Waals surface area contributed by atoms with Gasteiger partial charge in [-0.25, -0.2) is 4.98 Å². The van der Waals surface area contributed by atoms with Crippen LogP contribution in [0.1, 0.15) is 31.5 Å². The van der Waals surface area contributed by atoms with Crippen LogP contribution in [0.5, 0.6) is 0 Å². The van der Waals surface area contributed by atoms with E-state index in [2.05, 4.69) is 41.3 Å². The Bertz CT molecular complexity index is 844. The van der Waals surface area contributed by atoms with Crippen molar-refractivity contribution in [1.82, 2.24) is 15.3 Å². The highest BCUT2D eigenvalue weighted by atomic mass is 32.1. The van der Waals surface area contributed by atoms with Crippen LogP contribution in [0.15, 0.2) is 60.1 Å². The third kappa shape index (κ3) is 4.76. The van der Waals surface area contributed by atoms with Gasteiger partial charge in [0.1, 0.15) is 5.01 Å². The van der Waals surface area contributed by atoms with E-state index in [1.54, 1.807) is 17.5 Å². The summed E-state index contributed by atoms with van der Waals surface area (Å²) >= 11 is 1.58. The van der Waals surface area contributed by atoms with Gasteiger partial charge >= 0.3 is 0 Å². The third-order valence-electron chi connectivity index (χ3n) is 4.30. The number of nitrogens with zero attached hydrogens (tertiary/aromatic N) is 2. The number of hydrogen-bond acceptors (Lipinski definition) is 4. The van der Waals surface area contributed by atoms with E-state index in [1.807, 2.05) is 41.8 Å². The predicted octanol–water partition coefficient (Wildman–Crippen LogP) is 4.23. The van der Waals surface area contributed by atoms with Crippen molar-refractivity contribution in [3.8, 4) is 10.7 Å². The molecule has 1 aromatic carbocycles. The van der Waals surface area contributed by atoms with E-state index in [0.29, 0.717) is 13.0 Å². The van der Waals surface area contributed by atoms with Gasteiger partial charge in [0.2, 0.25) is 5.91 Å². The van der Waals surface area contributed by atoms with Gasteiger partial charge in [0, 0.05) is 31.0 Å². The average molecular weight is 366 g/mol. The van der Waals surface area contributed by atoms with Gasteiger partial charge in [-0.1, -0.05) is 50.2 Å². The Kier molecular flexibility index (Phi) is 5.78. The first-order chi connectivity index (χ1) is 12.5. The molecule has 2 heterocycles. The number of hydrogen-bond donors (Lipinski definition) is 1. The molecule has 0 spiro atoms. The maximum absolute atomic E-state index is 12.3. The lowest BCUT2D eigenvalue weighted by Crippen LogP contribution is -2.32. The molecule has 26 heavy (non-hydrogen) atoms. The minimum Gasteiger partial charge on any atom is -0.356 e. The molecule has 1 amide bonds. The molecular formula is C21H23N3OS. The van der Waals surface area contributed by atoms with Gasteiger partial charge in [0.05, 0.1) is 11.4 Å². The number of benzene rings is 1. The van der Waals surface area contributed by atoms with Crippen LogP contribution in [0.4, 0.5) is 0 Å². The Morgan fingerprint density at radius 1 is 1.12 bits per heavy atom. The summed E-state index contributed by atoms with van der Waals surface area (Å²) in [5.74, 6) is 0.0685. The highest BCUT2D eigenvalue weighted by molar-refractivity contribution is 7.13. The molecule has 0 bridgehead atoms. The second kappa shape index (κ2) is 8.23. The van der Waals surface area contributed by atoms with Gasteiger partial charge in [-0.2, -0.15) is 0 Å². The molecular weight excluding hydrogens is 342 g/mol. The molecule has 0 aliphatic carbocycles. The van der Waals surface area contributed by atoms with Crippen LogP contribution in [0.2, 0.25) is 0 Å². The maximum Gasteiger partial charge on any atom is 0.220 e. The van der Waals surface area contributed by atoms with Gasteiger partial charge in [-0.3, -0.25) is 9.78 Å². The monoisotopic (exact) mass is 365 g/mol. The number of nitrogens with one attached hydrogen (secondary N) is 1. The van der Waals surface area contributed by atoms with E-state index in [1.165, 1.54) is 5.56 Å². The zero-order chi connectivity index (χ0) is 18.4. The number of rotatable bonds is 7. The number of pyridine rings is 1. The normalized spacial score (nSPS) is 11.3. The summed E-state index contributed by atoms with van der Waals surface area (Å²) in [6.45, 7) is 4.79. The summed E-state index contributed by atoms with van der Waals surface area (Å²) in [4.78, 5) is 21.2. The van der Waals surface area contributed by atoms with E-state index in [-0.39, 0.29) is 11.3 Å². The molecule has 3 aromatic rings. The lowest BCUT2D eigenvalue weighted by atomic mass is 9.81. The molecule has 0 radical (unpaired) electrons. The molecule has 0 unspecified atom stereocenters. The van der Waals surface area contributed by atoms with Crippen LogP contribution in [-0.2, 0) is 16.6 Å². The third-order valence-corrected chi connectivity index (χ3v) is 5.21. The Labute approximate surface area is 158 Å². The molecule has 0 aliphatic rings. The van der Waals surface area contributed by atoms with E-state index in [0.717, 1.165) is 22.8 Å². The lowest BCUT2D eigenvalue weighted by molar-refractivity contribution is -0.122. The van der Waals surface area contributed by atoms with E-state index in [9.17, 15) is 4.79 Å². The molecule has 1 N–H and O–H groups in total.